The molecule has 1 heterocycles. The number of oxazole rings is 1. The molecule has 4 aromatic rings. The van der Waals surface area contributed by atoms with E-state index in [9.17, 15) is 4.79 Å². The van der Waals surface area contributed by atoms with Gasteiger partial charge in [0.05, 0.1) is 14.2 Å². The molecule has 1 N–H and O–H groups in total. The summed E-state index contributed by atoms with van der Waals surface area (Å²) >= 11 is 0. The van der Waals surface area contributed by atoms with Crippen molar-refractivity contribution in [2.75, 3.05) is 20.8 Å². The number of nitrogens with zero attached hydrogens (tertiary/aromatic N) is 1. The van der Waals surface area contributed by atoms with Crippen molar-refractivity contribution in [3.05, 3.63) is 72.8 Å². The van der Waals surface area contributed by atoms with Crippen LogP contribution in [0.3, 0.4) is 0 Å². The Kier molecular flexibility index (Phi) is 6.07. The largest absolute Gasteiger partial charge is 0.497 e. The number of carboxylic acid groups (broad SMARTS) is 1. The van der Waals surface area contributed by atoms with Gasteiger partial charge in [0.1, 0.15) is 22.9 Å². The van der Waals surface area contributed by atoms with Gasteiger partial charge in [-0.05, 0) is 72.8 Å². The number of methoxy groups -OCH3 is 2. The molecule has 0 fully saturated rings. The van der Waals surface area contributed by atoms with E-state index in [1.165, 1.54) is 0 Å². The van der Waals surface area contributed by atoms with Gasteiger partial charge < -0.3 is 23.7 Å². The van der Waals surface area contributed by atoms with Gasteiger partial charge in [0, 0.05) is 16.7 Å². The third-order valence-corrected chi connectivity index (χ3v) is 4.81. The van der Waals surface area contributed by atoms with Crippen LogP contribution in [0.25, 0.3) is 34.0 Å². The highest BCUT2D eigenvalue weighted by Crippen LogP contribution is 2.37. The summed E-state index contributed by atoms with van der Waals surface area (Å²) in [5, 5.41) is 8.76. The Morgan fingerprint density at radius 3 is 1.81 bits per heavy atom. The molecule has 1 aromatic heterocycles. The molecule has 0 aliphatic carbocycles. The second-order valence-electron chi connectivity index (χ2n) is 6.86. The van der Waals surface area contributed by atoms with Gasteiger partial charge >= 0.3 is 5.97 Å². The third kappa shape index (κ3) is 4.57. The topological polar surface area (TPSA) is 91.0 Å². The predicted octanol–water partition coefficient (Wildman–Crippen LogP) is 5.16. The van der Waals surface area contributed by atoms with Crippen LogP contribution in [0.15, 0.2) is 77.2 Å². The van der Waals surface area contributed by atoms with Crippen molar-refractivity contribution in [3.8, 4) is 51.3 Å². The molecule has 32 heavy (non-hydrogen) atoms. The van der Waals surface area contributed by atoms with Crippen molar-refractivity contribution in [3.63, 3.8) is 0 Å². The number of carbonyl (C=O) groups is 1. The molecule has 0 amide bonds. The number of aromatic nitrogens is 1. The van der Waals surface area contributed by atoms with Crippen LogP contribution in [-0.4, -0.2) is 36.9 Å². The normalized spacial score (nSPS) is 10.6. The summed E-state index contributed by atoms with van der Waals surface area (Å²) in [6.45, 7) is -0.401. The van der Waals surface area contributed by atoms with Crippen LogP contribution in [0.4, 0.5) is 0 Å². The summed E-state index contributed by atoms with van der Waals surface area (Å²) in [6, 6.07) is 22.1. The average Bonchev–Trinajstić information content (AvgIpc) is 3.28. The van der Waals surface area contributed by atoms with Crippen LogP contribution < -0.4 is 14.2 Å². The van der Waals surface area contributed by atoms with Crippen molar-refractivity contribution in [1.29, 1.82) is 0 Å². The number of hydrogen-bond donors (Lipinski definition) is 1. The smallest absolute Gasteiger partial charge is 0.341 e. The summed E-state index contributed by atoms with van der Waals surface area (Å²) in [4.78, 5) is 15.4. The monoisotopic (exact) mass is 431 g/mol. The minimum absolute atomic E-state index is 0.401. The second kappa shape index (κ2) is 9.26. The molecule has 7 heteroatoms. The van der Waals surface area contributed by atoms with E-state index in [0.717, 1.165) is 28.2 Å². The molecule has 4 rings (SSSR count). The molecular weight excluding hydrogens is 410 g/mol. The van der Waals surface area contributed by atoms with Gasteiger partial charge in [0.2, 0.25) is 5.89 Å². The van der Waals surface area contributed by atoms with Gasteiger partial charge in [0.15, 0.2) is 12.4 Å². The minimum Gasteiger partial charge on any atom is -0.497 e. The zero-order valence-electron chi connectivity index (χ0n) is 17.6. The van der Waals surface area contributed by atoms with Crippen LogP contribution in [-0.2, 0) is 4.79 Å². The Hall–Kier alpha value is -4.26. The lowest BCUT2D eigenvalue weighted by molar-refractivity contribution is -0.139. The fourth-order valence-corrected chi connectivity index (χ4v) is 3.17. The summed E-state index contributed by atoms with van der Waals surface area (Å²) in [5.41, 5.74) is 3.17. The predicted molar refractivity (Wildman–Crippen MR) is 119 cm³/mol. The maximum atomic E-state index is 10.7. The van der Waals surface area contributed by atoms with E-state index in [1.807, 2.05) is 48.5 Å². The van der Waals surface area contributed by atoms with Gasteiger partial charge in [-0.1, -0.05) is 0 Å². The first-order chi connectivity index (χ1) is 15.6. The van der Waals surface area contributed by atoms with Crippen molar-refractivity contribution in [1.82, 2.24) is 4.98 Å². The van der Waals surface area contributed by atoms with Crippen molar-refractivity contribution in [2.24, 2.45) is 0 Å². The van der Waals surface area contributed by atoms with Gasteiger partial charge in [-0.3, -0.25) is 0 Å². The summed E-state index contributed by atoms with van der Waals surface area (Å²) in [5.74, 6) is 1.98. The molecule has 0 saturated carbocycles. The van der Waals surface area contributed by atoms with Crippen LogP contribution >= 0.6 is 0 Å². The van der Waals surface area contributed by atoms with E-state index in [2.05, 4.69) is 0 Å². The fourth-order valence-electron chi connectivity index (χ4n) is 3.17. The Balaban J connectivity index is 1.73. The fraction of sp³-hybridized carbons (Fsp3) is 0.120. The first-order valence-corrected chi connectivity index (χ1v) is 9.82. The average molecular weight is 431 g/mol. The Bertz CT molecular complexity index is 1130. The summed E-state index contributed by atoms with van der Waals surface area (Å²) < 4.78 is 21.9. The van der Waals surface area contributed by atoms with Crippen molar-refractivity contribution < 1.29 is 28.5 Å². The number of benzene rings is 3. The summed E-state index contributed by atoms with van der Waals surface area (Å²) in [6.07, 6.45) is 0. The minimum atomic E-state index is -1.03. The lowest BCUT2D eigenvalue weighted by Crippen LogP contribution is -2.09. The summed E-state index contributed by atoms with van der Waals surface area (Å²) in [7, 11) is 3.24. The van der Waals surface area contributed by atoms with Crippen LogP contribution in [0.2, 0.25) is 0 Å². The third-order valence-electron chi connectivity index (χ3n) is 4.81. The van der Waals surface area contributed by atoms with E-state index in [0.29, 0.717) is 23.1 Å². The number of hydrogen-bond acceptors (Lipinski definition) is 6. The van der Waals surface area contributed by atoms with Gasteiger partial charge in [-0.25, -0.2) is 9.78 Å². The van der Waals surface area contributed by atoms with Crippen LogP contribution in [0.1, 0.15) is 0 Å². The van der Waals surface area contributed by atoms with E-state index >= 15 is 0 Å². The van der Waals surface area contributed by atoms with E-state index in [4.69, 9.17) is 28.7 Å². The van der Waals surface area contributed by atoms with Gasteiger partial charge in [-0.2, -0.15) is 0 Å². The van der Waals surface area contributed by atoms with Crippen LogP contribution in [0.5, 0.6) is 17.2 Å². The van der Waals surface area contributed by atoms with Gasteiger partial charge in [-0.15, -0.1) is 0 Å². The van der Waals surface area contributed by atoms with E-state index in [-0.39, 0.29) is 0 Å². The number of ether oxygens (including phenoxy) is 3. The zero-order chi connectivity index (χ0) is 22.5. The molecule has 0 aliphatic rings. The molecule has 0 aliphatic heterocycles. The Labute approximate surface area is 184 Å². The zero-order valence-corrected chi connectivity index (χ0v) is 17.6. The second-order valence-corrected chi connectivity index (χ2v) is 6.86. The number of carboxylic acids is 1. The molecule has 0 radical (unpaired) electrons. The van der Waals surface area contributed by atoms with Gasteiger partial charge in [0.25, 0.3) is 0 Å². The van der Waals surface area contributed by atoms with Crippen LogP contribution in [0, 0.1) is 0 Å². The Morgan fingerprint density at radius 1 is 0.781 bits per heavy atom. The molecule has 162 valence electrons. The first-order valence-electron chi connectivity index (χ1n) is 9.82. The first kappa shape index (κ1) is 21.0. The standard InChI is InChI=1S/C25H21NO6/c1-29-19-9-3-16(4-10-19)23-24(17-5-11-20(30-2)12-6-17)32-25(26-23)18-7-13-21(14-8-18)31-15-22(27)28/h3-14H,15H2,1-2H3,(H,27,28). The van der Waals surface area contributed by atoms with Crippen molar-refractivity contribution >= 4 is 5.97 Å². The number of aliphatic carboxylic acids is 1. The SMILES string of the molecule is COc1ccc(-c2nc(-c3ccc(OCC(=O)O)cc3)oc2-c2ccc(OC)cc2)cc1. The number of rotatable bonds is 8. The maximum absolute atomic E-state index is 10.7. The highest BCUT2D eigenvalue weighted by atomic mass is 16.5. The molecule has 0 bridgehead atoms. The molecule has 0 unspecified atom stereocenters. The van der Waals surface area contributed by atoms with E-state index < -0.39 is 12.6 Å². The molecule has 0 spiro atoms. The molecule has 0 saturated heterocycles. The quantitative estimate of drug-likeness (QED) is 0.412. The lowest BCUT2D eigenvalue weighted by atomic mass is 10.1. The van der Waals surface area contributed by atoms with Crippen molar-refractivity contribution in [2.45, 2.75) is 0 Å². The Morgan fingerprint density at radius 2 is 1.28 bits per heavy atom. The lowest BCUT2D eigenvalue weighted by Gasteiger charge is -2.04. The highest BCUT2D eigenvalue weighted by molar-refractivity contribution is 5.79. The molecular formula is C25H21NO6. The molecule has 0 atom stereocenters. The molecule has 7 nitrogen and oxygen atoms in total. The maximum Gasteiger partial charge on any atom is 0.341 e. The highest BCUT2D eigenvalue weighted by Gasteiger charge is 2.18. The molecule has 3 aromatic carbocycles. The van der Waals surface area contributed by atoms with E-state index in [1.54, 1.807) is 38.5 Å².